The van der Waals surface area contributed by atoms with Crippen molar-refractivity contribution in [1.82, 2.24) is 14.8 Å². The van der Waals surface area contributed by atoms with Crippen molar-refractivity contribution >= 4 is 34.0 Å². The van der Waals surface area contributed by atoms with Crippen LogP contribution in [-0.2, 0) is 0 Å². The molecule has 2 rings (SSSR count). The van der Waals surface area contributed by atoms with Gasteiger partial charge in [-0.25, -0.2) is 0 Å². The van der Waals surface area contributed by atoms with E-state index in [1.807, 2.05) is 25.1 Å². The van der Waals surface area contributed by atoms with E-state index < -0.39 is 0 Å². The summed E-state index contributed by atoms with van der Waals surface area (Å²) in [7, 11) is 0. The Labute approximate surface area is 90.1 Å². The first-order chi connectivity index (χ1) is 6.75. The molecule has 1 N–H and O–H groups in total. The summed E-state index contributed by atoms with van der Waals surface area (Å²) in [5, 5.41) is 11.7. The van der Waals surface area contributed by atoms with Crippen molar-refractivity contribution in [2.24, 2.45) is 0 Å². The zero-order valence-corrected chi connectivity index (χ0v) is 8.93. The number of rotatable bonds is 2. The number of anilines is 2. The molecule has 0 atom stereocenters. The van der Waals surface area contributed by atoms with Gasteiger partial charge in [-0.2, -0.15) is 0 Å². The molecule has 2 aromatic rings. The molecule has 72 valence electrons. The van der Waals surface area contributed by atoms with Gasteiger partial charge in [-0.3, -0.25) is 0 Å². The average molecular weight is 227 g/mol. The van der Waals surface area contributed by atoms with Crippen molar-refractivity contribution < 1.29 is 0 Å². The molecule has 0 fully saturated rings. The smallest absolute Gasteiger partial charge is 0.229 e. The third-order valence-corrected chi connectivity index (χ3v) is 2.49. The minimum Gasteiger partial charge on any atom is -0.329 e. The van der Waals surface area contributed by atoms with E-state index in [2.05, 4.69) is 20.1 Å². The van der Waals surface area contributed by atoms with Crippen molar-refractivity contribution in [2.45, 2.75) is 6.92 Å². The highest BCUT2D eigenvalue weighted by molar-refractivity contribution is 7.09. The van der Waals surface area contributed by atoms with Gasteiger partial charge in [-0.05, 0) is 29.8 Å². The summed E-state index contributed by atoms with van der Waals surface area (Å²) >= 11 is 7.07. The summed E-state index contributed by atoms with van der Waals surface area (Å²) in [4.78, 5) is 0. The van der Waals surface area contributed by atoms with Gasteiger partial charge >= 0.3 is 0 Å². The Bertz CT molecular complexity index is 429. The zero-order chi connectivity index (χ0) is 9.97. The van der Waals surface area contributed by atoms with Crippen molar-refractivity contribution in [3.05, 3.63) is 28.8 Å². The Hall–Kier alpha value is -1.20. The van der Waals surface area contributed by atoms with Crippen LogP contribution < -0.4 is 5.32 Å². The molecule has 0 bridgehead atoms. The lowest BCUT2D eigenvalue weighted by Crippen LogP contribution is -1.92. The van der Waals surface area contributed by atoms with Gasteiger partial charge in [0, 0.05) is 22.2 Å². The van der Waals surface area contributed by atoms with E-state index in [4.69, 9.17) is 11.6 Å². The Morgan fingerprint density at radius 2 is 2.29 bits per heavy atom. The minimum atomic E-state index is 0.662. The largest absolute Gasteiger partial charge is 0.329 e. The summed E-state index contributed by atoms with van der Waals surface area (Å²) in [6.07, 6.45) is 0. The average Bonchev–Trinajstić information content (AvgIpc) is 2.64. The summed E-state index contributed by atoms with van der Waals surface area (Å²) in [6, 6.07) is 5.64. The third kappa shape index (κ3) is 2.00. The molecule has 1 aromatic carbocycles. The summed E-state index contributed by atoms with van der Waals surface area (Å²) < 4.78 is 3.66. The van der Waals surface area contributed by atoms with Crippen molar-refractivity contribution in [1.29, 1.82) is 0 Å². The van der Waals surface area contributed by atoms with Crippen molar-refractivity contribution in [2.75, 3.05) is 5.32 Å². The molecule has 6 heteroatoms. The SMILES string of the molecule is Cc1ccc(Cl)cc1Nc1nnns1. The van der Waals surface area contributed by atoms with E-state index in [-0.39, 0.29) is 0 Å². The predicted molar refractivity (Wildman–Crippen MR) is 57.2 cm³/mol. The fourth-order valence-electron chi connectivity index (χ4n) is 1.03. The second-order valence-corrected chi connectivity index (χ2v) is 3.92. The molecule has 0 spiro atoms. The standard InChI is InChI=1S/C8H7ClN4S/c1-5-2-3-6(9)4-7(5)10-8-11-12-13-14-8/h2-4H,1H3,(H,10,11,13). The maximum atomic E-state index is 5.87. The van der Waals surface area contributed by atoms with Crippen LogP contribution in [0.3, 0.4) is 0 Å². The number of aryl methyl sites for hydroxylation is 1. The first-order valence-corrected chi connectivity index (χ1v) is 5.09. The highest BCUT2D eigenvalue weighted by atomic mass is 35.5. The fraction of sp³-hybridized carbons (Fsp3) is 0.125. The molecule has 4 nitrogen and oxygen atoms in total. The molecule has 0 aliphatic heterocycles. The molecule has 1 aromatic heterocycles. The summed E-state index contributed by atoms with van der Waals surface area (Å²) in [5.41, 5.74) is 2.03. The van der Waals surface area contributed by atoms with E-state index >= 15 is 0 Å². The lowest BCUT2D eigenvalue weighted by atomic mass is 10.2. The normalized spacial score (nSPS) is 10.1. The van der Waals surface area contributed by atoms with Gasteiger partial charge in [0.1, 0.15) is 0 Å². The van der Waals surface area contributed by atoms with Crippen molar-refractivity contribution in [3.63, 3.8) is 0 Å². The Morgan fingerprint density at radius 3 is 3.00 bits per heavy atom. The van der Waals surface area contributed by atoms with Crippen molar-refractivity contribution in [3.8, 4) is 0 Å². The predicted octanol–water partition coefficient (Wildman–Crippen LogP) is 2.64. The number of aromatic nitrogens is 3. The number of hydrogen-bond donors (Lipinski definition) is 1. The molecule has 0 saturated heterocycles. The Balaban J connectivity index is 2.28. The lowest BCUT2D eigenvalue weighted by molar-refractivity contribution is 0.961. The van der Waals surface area contributed by atoms with Gasteiger partial charge in [-0.15, -0.1) is 0 Å². The number of halogens is 1. The quantitative estimate of drug-likeness (QED) is 0.856. The lowest BCUT2D eigenvalue weighted by Gasteiger charge is -2.05. The number of nitrogens with one attached hydrogen (secondary N) is 1. The molecule has 0 radical (unpaired) electrons. The van der Waals surface area contributed by atoms with Gasteiger partial charge in [-0.1, -0.05) is 27.3 Å². The van der Waals surface area contributed by atoms with E-state index in [9.17, 15) is 0 Å². The summed E-state index contributed by atoms with van der Waals surface area (Å²) in [6.45, 7) is 1.99. The van der Waals surface area contributed by atoms with Gasteiger partial charge in [0.2, 0.25) is 5.13 Å². The maximum Gasteiger partial charge on any atom is 0.229 e. The first-order valence-electron chi connectivity index (χ1n) is 3.94. The van der Waals surface area contributed by atoms with Crippen LogP contribution in [0, 0.1) is 6.92 Å². The van der Waals surface area contributed by atoms with E-state index in [0.29, 0.717) is 10.2 Å². The van der Waals surface area contributed by atoms with Crippen LogP contribution in [0.1, 0.15) is 5.56 Å². The van der Waals surface area contributed by atoms with E-state index in [0.717, 1.165) is 11.3 Å². The molecule has 1 heterocycles. The molecular formula is C8H7ClN4S. The Kier molecular flexibility index (Phi) is 2.60. The highest BCUT2D eigenvalue weighted by Gasteiger charge is 2.02. The zero-order valence-electron chi connectivity index (χ0n) is 7.36. The molecular weight excluding hydrogens is 220 g/mol. The van der Waals surface area contributed by atoms with Gasteiger partial charge in [0.15, 0.2) is 0 Å². The van der Waals surface area contributed by atoms with E-state index in [1.165, 1.54) is 11.5 Å². The van der Waals surface area contributed by atoms with Crippen LogP contribution in [0.15, 0.2) is 18.2 Å². The van der Waals surface area contributed by atoms with Crippen LogP contribution in [0.2, 0.25) is 5.02 Å². The third-order valence-electron chi connectivity index (χ3n) is 1.74. The molecule has 0 unspecified atom stereocenters. The van der Waals surface area contributed by atoms with Gasteiger partial charge in [0.05, 0.1) is 0 Å². The Morgan fingerprint density at radius 1 is 1.43 bits per heavy atom. The molecule has 0 amide bonds. The van der Waals surface area contributed by atoms with Crippen LogP contribution in [0.4, 0.5) is 10.8 Å². The second-order valence-electron chi connectivity index (χ2n) is 2.75. The van der Waals surface area contributed by atoms with Crippen LogP contribution in [0.5, 0.6) is 0 Å². The van der Waals surface area contributed by atoms with Crippen LogP contribution >= 0.6 is 23.1 Å². The van der Waals surface area contributed by atoms with E-state index in [1.54, 1.807) is 0 Å². The highest BCUT2D eigenvalue weighted by Crippen LogP contribution is 2.23. The molecule has 0 aliphatic carbocycles. The minimum absolute atomic E-state index is 0.662. The van der Waals surface area contributed by atoms with Crippen LogP contribution in [-0.4, -0.2) is 14.8 Å². The second kappa shape index (κ2) is 3.89. The summed E-state index contributed by atoms with van der Waals surface area (Å²) in [5.74, 6) is 0. The first kappa shape index (κ1) is 9.36. The topological polar surface area (TPSA) is 50.7 Å². The van der Waals surface area contributed by atoms with Gasteiger partial charge in [0.25, 0.3) is 0 Å². The maximum absolute atomic E-state index is 5.87. The number of benzene rings is 1. The van der Waals surface area contributed by atoms with Crippen LogP contribution in [0.25, 0.3) is 0 Å². The molecule has 0 saturated carbocycles. The molecule has 0 aliphatic rings. The number of hydrogen-bond acceptors (Lipinski definition) is 5. The molecule has 14 heavy (non-hydrogen) atoms. The number of nitrogens with zero attached hydrogens (tertiary/aromatic N) is 3. The monoisotopic (exact) mass is 226 g/mol. The van der Waals surface area contributed by atoms with Gasteiger partial charge < -0.3 is 5.32 Å². The fourth-order valence-corrected chi connectivity index (χ4v) is 1.58.